The van der Waals surface area contributed by atoms with Crippen molar-refractivity contribution >= 4 is 11.6 Å². The number of nitrogens with one attached hydrogen (secondary N) is 1. The third-order valence-corrected chi connectivity index (χ3v) is 4.79. The third-order valence-electron chi connectivity index (χ3n) is 4.79. The number of benzene rings is 2. The number of rotatable bonds is 8. The van der Waals surface area contributed by atoms with E-state index in [0.717, 1.165) is 30.0 Å². The van der Waals surface area contributed by atoms with Gasteiger partial charge in [-0.25, -0.2) is 0 Å². The minimum Gasteiger partial charge on any atom is -0.494 e. The second kappa shape index (κ2) is 9.27. The predicted octanol–water partition coefficient (Wildman–Crippen LogP) is 3.93. The highest BCUT2D eigenvalue weighted by Crippen LogP contribution is 2.21. The van der Waals surface area contributed by atoms with Crippen molar-refractivity contribution in [1.29, 1.82) is 0 Å². The minimum atomic E-state index is 0.0694. The van der Waals surface area contributed by atoms with Gasteiger partial charge in [0.1, 0.15) is 5.75 Å². The lowest BCUT2D eigenvalue weighted by Crippen LogP contribution is -2.23. The Labute approximate surface area is 156 Å². The Balaban J connectivity index is 1.45. The van der Waals surface area contributed by atoms with Gasteiger partial charge in [-0.15, -0.1) is 0 Å². The number of para-hydroxylation sites is 1. The van der Waals surface area contributed by atoms with Crippen LogP contribution in [0.15, 0.2) is 48.5 Å². The molecule has 1 fully saturated rings. The summed E-state index contributed by atoms with van der Waals surface area (Å²) in [5, 5.41) is 3.02. The second-order valence-corrected chi connectivity index (χ2v) is 6.68. The van der Waals surface area contributed by atoms with Crippen molar-refractivity contribution in [1.82, 2.24) is 5.32 Å². The zero-order valence-electron chi connectivity index (χ0n) is 15.5. The molecule has 0 radical (unpaired) electrons. The first-order valence-electron chi connectivity index (χ1n) is 9.57. The van der Waals surface area contributed by atoms with E-state index in [2.05, 4.69) is 34.5 Å². The van der Waals surface area contributed by atoms with E-state index in [9.17, 15) is 4.79 Å². The van der Waals surface area contributed by atoms with Crippen molar-refractivity contribution in [3.05, 3.63) is 59.7 Å². The normalized spacial score (nSPS) is 13.7. The Morgan fingerprint density at radius 1 is 1.08 bits per heavy atom. The van der Waals surface area contributed by atoms with Crippen LogP contribution >= 0.6 is 0 Å². The van der Waals surface area contributed by atoms with E-state index in [-0.39, 0.29) is 5.91 Å². The van der Waals surface area contributed by atoms with Crippen LogP contribution < -0.4 is 15.0 Å². The van der Waals surface area contributed by atoms with Gasteiger partial charge in [0.05, 0.1) is 6.61 Å². The summed E-state index contributed by atoms with van der Waals surface area (Å²) in [6.07, 6.45) is 3.72. The van der Waals surface area contributed by atoms with Gasteiger partial charge in [-0.1, -0.05) is 30.3 Å². The zero-order chi connectivity index (χ0) is 18.2. The van der Waals surface area contributed by atoms with Crippen LogP contribution in [0.25, 0.3) is 0 Å². The Bertz CT molecular complexity index is 706. The molecule has 2 aromatic carbocycles. The number of carbonyl (C=O) groups is 1. The Morgan fingerprint density at radius 2 is 1.81 bits per heavy atom. The van der Waals surface area contributed by atoms with Gasteiger partial charge < -0.3 is 15.0 Å². The van der Waals surface area contributed by atoms with Crippen molar-refractivity contribution < 1.29 is 9.53 Å². The van der Waals surface area contributed by atoms with E-state index < -0.39 is 0 Å². The highest BCUT2D eigenvalue weighted by Gasteiger charge is 2.12. The molecular formula is C22H28N2O2. The monoisotopic (exact) mass is 352 g/mol. The standard InChI is InChI=1S/C22H28N2O2/c1-2-26-21-8-4-3-7-19(21)11-14-22(25)23-17-18-9-12-20(13-10-18)24-15-5-6-16-24/h3-4,7-10,12-13H,2,5-6,11,14-17H2,1H3,(H,23,25). The molecule has 4 nitrogen and oxygen atoms in total. The molecule has 1 heterocycles. The summed E-state index contributed by atoms with van der Waals surface area (Å²) in [6.45, 7) is 5.49. The van der Waals surface area contributed by atoms with Gasteiger partial charge in [-0.3, -0.25) is 4.79 Å². The first kappa shape index (κ1) is 18.3. The van der Waals surface area contributed by atoms with Crippen molar-refractivity contribution in [2.45, 2.75) is 39.2 Å². The van der Waals surface area contributed by atoms with E-state index in [4.69, 9.17) is 4.74 Å². The van der Waals surface area contributed by atoms with Crippen molar-refractivity contribution in [3.8, 4) is 5.75 Å². The number of aryl methyl sites for hydroxylation is 1. The summed E-state index contributed by atoms with van der Waals surface area (Å²) in [5.41, 5.74) is 3.50. The van der Waals surface area contributed by atoms with Gasteiger partial charge >= 0.3 is 0 Å². The highest BCUT2D eigenvalue weighted by atomic mass is 16.5. The highest BCUT2D eigenvalue weighted by molar-refractivity contribution is 5.76. The topological polar surface area (TPSA) is 41.6 Å². The molecule has 0 atom stereocenters. The van der Waals surface area contributed by atoms with Gasteiger partial charge in [-0.05, 0) is 55.5 Å². The maximum atomic E-state index is 12.2. The Hall–Kier alpha value is -2.49. The van der Waals surface area contributed by atoms with Crippen LogP contribution in [0, 0.1) is 0 Å². The molecule has 0 saturated carbocycles. The number of ether oxygens (including phenoxy) is 1. The first-order valence-corrected chi connectivity index (χ1v) is 9.57. The van der Waals surface area contributed by atoms with Gasteiger partial charge in [0.15, 0.2) is 0 Å². The molecule has 0 unspecified atom stereocenters. The molecule has 1 amide bonds. The van der Waals surface area contributed by atoms with Crippen molar-refractivity contribution in [3.63, 3.8) is 0 Å². The maximum Gasteiger partial charge on any atom is 0.220 e. The summed E-state index contributed by atoms with van der Waals surface area (Å²) in [6, 6.07) is 16.5. The average Bonchev–Trinajstić information content (AvgIpc) is 3.21. The zero-order valence-corrected chi connectivity index (χ0v) is 15.5. The summed E-state index contributed by atoms with van der Waals surface area (Å²) in [4.78, 5) is 14.6. The van der Waals surface area contributed by atoms with Crippen LogP contribution in [0.2, 0.25) is 0 Å². The number of nitrogens with zero attached hydrogens (tertiary/aromatic N) is 1. The molecule has 0 aliphatic carbocycles. The van der Waals surface area contributed by atoms with E-state index in [0.29, 0.717) is 26.0 Å². The van der Waals surface area contributed by atoms with Crippen LogP contribution in [-0.4, -0.2) is 25.6 Å². The van der Waals surface area contributed by atoms with E-state index in [1.807, 2.05) is 31.2 Å². The predicted molar refractivity (Wildman–Crippen MR) is 106 cm³/mol. The van der Waals surface area contributed by atoms with Gasteiger partial charge in [0.2, 0.25) is 5.91 Å². The van der Waals surface area contributed by atoms with Crippen molar-refractivity contribution in [2.24, 2.45) is 0 Å². The van der Waals surface area contributed by atoms with Crippen LogP contribution in [0.3, 0.4) is 0 Å². The number of anilines is 1. The molecule has 138 valence electrons. The lowest BCUT2D eigenvalue weighted by atomic mass is 10.1. The van der Waals surface area contributed by atoms with Crippen molar-refractivity contribution in [2.75, 3.05) is 24.6 Å². The van der Waals surface area contributed by atoms with E-state index in [1.54, 1.807) is 0 Å². The molecule has 1 aliphatic rings. The molecule has 1 N–H and O–H groups in total. The average molecular weight is 352 g/mol. The maximum absolute atomic E-state index is 12.2. The Kier molecular flexibility index (Phi) is 6.53. The Morgan fingerprint density at radius 3 is 2.54 bits per heavy atom. The summed E-state index contributed by atoms with van der Waals surface area (Å²) >= 11 is 0. The molecule has 0 spiro atoms. The largest absolute Gasteiger partial charge is 0.494 e. The van der Waals surface area contributed by atoms with Crippen LogP contribution in [0.1, 0.15) is 37.3 Å². The fourth-order valence-corrected chi connectivity index (χ4v) is 3.34. The van der Waals surface area contributed by atoms with E-state index in [1.165, 1.54) is 18.5 Å². The van der Waals surface area contributed by atoms with Crippen LogP contribution in [-0.2, 0) is 17.8 Å². The molecule has 3 rings (SSSR count). The number of hydrogen-bond acceptors (Lipinski definition) is 3. The molecule has 1 aliphatic heterocycles. The molecular weight excluding hydrogens is 324 g/mol. The summed E-state index contributed by atoms with van der Waals surface area (Å²) < 4.78 is 5.62. The summed E-state index contributed by atoms with van der Waals surface area (Å²) in [5.74, 6) is 0.945. The molecule has 0 aromatic heterocycles. The molecule has 2 aromatic rings. The SMILES string of the molecule is CCOc1ccccc1CCC(=O)NCc1ccc(N2CCCC2)cc1. The fourth-order valence-electron chi connectivity index (χ4n) is 3.34. The lowest BCUT2D eigenvalue weighted by Gasteiger charge is -2.17. The third kappa shape index (κ3) is 5.01. The summed E-state index contributed by atoms with van der Waals surface area (Å²) in [7, 11) is 0. The van der Waals surface area contributed by atoms with E-state index >= 15 is 0 Å². The number of hydrogen-bond donors (Lipinski definition) is 1. The molecule has 0 bridgehead atoms. The van der Waals surface area contributed by atoms with Crippen LogP contribution in [0.4, 0.5) is 5.69 Å². The molecule has 26 heavy (non-hydrogen) atoms. The van der Waals surface area contributed by atoms with Crippen LogP contribution in [0.5, 0.6) is 5.75 Å². The molecule has 4 heteroatoms. The number of carbonyl (C=O) groups excluding carboxylic acids is 1. The minimum absolute atomic E-state index is 0.0694. The van der Waals surface area contributed by atoms with Gasteiger partial charge in [0, 0.05) is 31.7 Å². The first-order chi connectivity index (χ1) is 12.8. The molecule has 1 saturated heterocycles. The quantitative estimate of drug-likeness (QED) is 0.782. The van der Waals surface area contributed by atoms with Gasteiger partial charge in [-0.2, -0.15) is 0 Å². The van der Waals surface area contributed by atoms with Gasteiger partial charge in [0.25, 0.3) is 0 Å². The fraction of sp³-hybridized carbons (Fsp3) is 0.409. The lowest BCUT2D eigenvalue weighted by molar-refractivity contribution is -0.121. The second-order valence-electron chi connectivity index (χ2n) is 6.68. The number of amides is 1. The smallest absolute Gasteiger partial charge is 0.220 e.